The first-order valence-corrected chi connectivity index (χ1v) is 7.82. The predicted octanol–water partition coefficient (Wildman–Crippen LogP) is 2.27. The molecular weight excluding hydrogens is 224 g/mol. The maximum atomic E-state index is 5.97. The molecule has 0 atom stereocenters. The zero-order valence-corrected chi connectivity index (χ0v) is 12.2. The number of nitrogens with zero attached hydrogens (tertiary/aromatic N) is 1. The van der Waals surface area contributed by atoms with Gasteiger partial charge in [0.05, 0.1) is 6.10 Å². The first kappa shape index (κ1) is 14.3. The number of rotatable bonds is 8. The molecule has 2 fully saturated rings. The van der Waals surface area contributed by atoms with Crippen LogP contribution in [0.15, 0.2) is 0 Å². The normalized spacial score (nSPS) is 22.0. The van der Waals surface area contributed by atoms with Gasteiger partial charge in [0.2, 0.25) is 0 Å². The maximum absolute atomic E-state index is 5.97. The molecule has 106 valence electrons. The molecule has 3 nitrogen and oxygen atoms in total. The van der Waals surface area contributed by atoms with Gasteiger partial charge in [-0.05, 0) is 65.0 Å². The summed E-state index contributed by atoms with van der Waals surface area (Å²) in [6.07, 6.45) is 6.99. The summed E-state index contributed by atoms with van der Waals surface area (Å²) in [5.74, 6) is 0.998. The van der Waals surface area contributed by atoms with Crippen LogP contribution in [0.4, 0.5) is 0 Å². The molecule has 0 amide bonds. The van der Waals surface area contributed by atoms with Crippen LogP contribution in [0.25, 0.3) is 0 Å². The molecule has 1 aliphatic heterocycles. The Bertz CT molecular complexity index is 223. The third-order valence-corrected chi connectivity index (χ3v) is 4.15. The van der Waals surface area contributed by atoms with E-state index in [1.165, 1.54) is 45.2 Å². The van der Waals surface area contributed by atoms with Gasteiger partial charge in [-0.3, -0.25) is 0 Å². The molecule has 1 aliphatic carbocycles. The third-order valence-electron chi connectivity index (χ3n) is 4.15. The molecule has 0 radical (unpaired) electrons. The summed E-state index contributed by atoms with van der Waals surface area (Å²) >= 11 is 0. The van der Waals surface area contributed by atoms with Crippen molar-refractivity contribution in [1.82, 2.24) is 10.2 Å². The van der Waals surface area contributed by atoms with Crippen molar-refractivity contribution in [3.05, 3.63) is 0 Å². The Hall–Kier alpha value is -0.120. The van der Waals surface area contributed by atoms with Gasteiger partial charge in [-0.25, -0.2) is 0 Å². The van der Waals surface area contributed by atoms with Crippen LogP contribution in [0, 0.1) is 5.92 Å². The maximum Gasteiger partial charge on any atom is 0.0599 e. The van der Waals surface area contributed by atoms with Crippen LogP contribution in [0.1, 0.15) is 46.0 Å². The fourth-order valence-electron chi connectivity index (χ4n) is 2.67. The van der Waals surface area contributed by atoms with Crippen LogP contribution in [-0.2, 0) is 4.74 Å². The van der Waals surface area contributed by atoms with Crippen LogP contribution in [-0.4, -0.2) is 49.8 Å². The lowest BCUT2D eigenvalue weighted by atomic mass is 10.1. The van der Waals surface area contributed by atoms with E-state index in [9.17, 15) is 0 Å². The molecule has 1 saturated heterocycles. The standard InChI is InChI=1S/C15H30N2O/c1-13(2)17(12-14-4-5-14)10-3-11-18-15-6-8-16-9-7-15/h13-16H,3-12H2,1-2H3. The van der Waals surface area contributed by atoms with E-state index in [2.05, 4.69) is 24.1 Å². The minimum Gasteiger partial charge on any atom is -0.378 e. The molecule has 2 rings (SSSR count). The van der Waals surface area contributed by atoms with Gasteiger partial charge in [0.25, 0.3) is 0 Å². The molecule has 0 aromatic heterocycles. The lowest BCUT2D eigenvalue weighted by Crippen LogP contribution is -2.35. The Kier molecular flexibility index (Phi) is 5.93. The number of hydrogen-bond acceptors (Lipinski definition) is 3. The highest BCUT2D eigenvalue weighted by molar-refractivity contribution is 4.78. The monoisotopic (exact) mass is 254 g/mol. The van der Waals surface area contributed by atoms with Gasteiger partial charge >= 0.3 is 0 Å². The summed E-state index contributed by atoms with van der Waals surface area (Å²) in [6.45, 7) is 10.4. The molecule has 3 heteroatoms. The average Bonchev–Trinajstić information content (AvgIpc) is 3.18. The molecule has 1 saturated carbocycles. The Labute approximate surface area is 112 Å². The van der Waals surface area contributed by atoms with Crippen molar-refractivity contribution >= 4 is 0 Å². The third kappa shape index (κ3) is 5.25. The van der Waals surface area contributed by atoms with Crippen molar-refractivity contribution in [1.29, 1.82) is 0 Å². The summed E-state index contributed by atoms with van der Waals surface area (Å²) in [5.41, 5.74) is 0. The fourth-order valence-corrected chi connectivity index (χ4v) is 2.67. The molecule has 0 unspecified atom stereocenters. The van der Waals surface area contributed by atoms with Crippen LogP contribution >= 0.6 is 0 Å². The average molecular weight is 254 g/mol. The molecule has 0 spiro atoms. The molecule has 1 heterocycles. The molecule has 0 aromatic carbocycles. The molecule has 18 heavy (non-hydrogen) atoms. The first-order valence-electron chi connectivity index (χ1n) is 7.82. The van der Waals surface area contributed by atoms with Gasteiger partial charge in [-0.1, -0.05) is 0 Å². The number of piperidine rings is 1. The van der Waals surface area contributed by atoms with E-state index in [0.717, 1.165) is 25.6 Å². The highest BCUT2D eigenvalue weighted by Crippen LogP contribution is 2.30. The first-order chi connectivity index (χ1) is 8.75. The van der Waals surface area contributed by atoms with Gasteiger partial charge in [0.1, 0.15) is 0 Å². The van der Waals surface area contributed by atoms with Gasteiger partial charge in [0, 0.05) is 25.7 Å². The van der Waals surface area contributed by atoms with E-state index >= 15 is 0 Å². The predicted molar refractivity (Wildman–Crippen MR) is 75.9 cm³/mol. The Morgan fingerprint density at radius 2 is 1.89 bits per heavy atom. The van der Waals surface area contributed by atoms with E-state index in [0.29, 0.717) is 12.1 Å². The van der Waals surface area contributed by atoms with Gasteiger partial charge in [0.15, 0.2) is 0 Å². The number of nitrogens with one attached hydrogen (secondary N) is 1. The molecule has 0 aromatic rings. The van der Waals surface area contributed by atoms with Crippen LogP contribution < -0.4 is 5.32 Å². The van der Waals surface area contributed by atoms with Crippen molar-refractivity contribution in [2.45, 2.75) is 58.1 Å². The van der Waals surface area contributed by atoms with E-state index in [1.54, 1.807) is 0 Å². The lowest BCUT2D eigenvalue weighted by Gasteiger charge is -2.27. The minimum absolute atomic E-state index is 0.516. The van der Waals surface area contributed by atoms with E-state index in [-0.39, 0.29) is 0 Å². The molecular formula is C15H30N2O. The largest absolute Gasteiger partial charge is 0.378 e. The van der Waals surface area contributed by atoms with Crippen molar-refractivity contribution in [3.8, 4) is 0 Å². The summed E-state index contributed by atoms with van der Waals surface area (Å²) in [4.78, 5) is 2.63. The van der Waals surface area contributed by atoms with Crippen molar-refractivity contribution < 1.29 is 4.74 Å². The molecule has 0 bridgehead atoms. The quantitative estimate of drug-likeness (QED) is 0.673. The second-order valence-electron chi connectivity index (χ2n) is 6.21. The van der Waals surface area contributed by atoms with Gasteiger partial charge in [-0.2, -0.15) is 0 Å². The Morgan fingerprint density at radius 3 is 2.50 bits per heavy atom. The van der Waals surface area contributed by atoms with Crippen molar-refractivity contribution in [3.63, 3.8) is 0 Å². The van der Waals surface area contributed by atoms with Gasteiger partial charge < -0.3 is 15.0 Å². The lowest BCUT2D eigenvalue weighted by molar-refractivity contribution is 0.0262. The van der Waals surface area contributed by atoms with E-state index < -0.39 is 0 Å². The summed E-state index contributed by atoms with van der Waals surface area (Å²) in [6, 6.07) is 0.685. The number of ether oxygens (including phenoxy) is 1. The van der Waals surface area contributed by atoms with Crippen LogP contribution in [0.2, 0.25) is 0 Å². The molecule has 1 N–H and O–H groups in total. The highest BCUT2D eigenvalue weighted by Gasteiger charge is 2.25. The minimum atomic E-state index is 0.516. The number of hydrogen-bond donors (Lipinski definition) is 1. The van der Waals surface area contributed by atoms with Crippen LogP contribution in [0.3, 0.4) is 0 Å². The van der Waals surface area contributed by atoms with Crippen molar-refractivity contribution in [2.24, 2.45) is 5.92 Å². The second kappa shape index (κ2) is 7.46. The SMILES string of the molecule is CC(C)N(CCCOC1CCNCC1)CC1CC1. The van der Waals surface area contributed by atoms with Gasteiger partial charge in [-0.15, -0.1) is 0 Å². The van der Waals surface area contributed by atoms with Crippen molar-refractivity contribution in [2.75, 3.05) is 32.8 Å². The summed E-state index contributed by atoms with van der Waals surface area (Å²) in [7, 11) is 0. The zero-order chi connectivity index (χ0) is 12.8. The van der Waals surface area contributed by atoms with Crippen LogP contribution in [0.5, 0.6) is 0 Å². The summed E-state index contributed by atoms with van der Waals surface area (Å²) < 4.78 is 5.97. The smallest absolute Gasteiger partial charge is 0.0599 e. The Balaban J connectivity index is 1.54. The topological polar surface area (TPSA) is 24.5 Å². The molecule has 2 aliphatic rings. The zero-order valence-electron chi connectivity index (χ0n) is 12.2. The van der Waals surface area contributed by atoms with E-state index in [1.807, 2.05) is 0 Å². The Morgan fingerprint density at radius 1 is 1.17 bits per heavy atom. The second-order valence-corrected chi connectivity index (χ2v) is 6.21. The summed E-state index contributed by atoms with van der Waals surface area (Å²) in [5, 5.41) is 3.38. The van der Waals surface area contributed by atoms with E-state index in [4.69, 9.17) is 4.74 Å². The fraction of sp³-hybridized carbons (Fsp3) is 1.00. The highest BCUT2D eigenvalue weighted by atomic mass is 16.5.